The average molecular weight is 580 g/mol. The Morgan fingerprint density at radius 2 is 1.47 bits per heavy atom. The van der Waals surface area contributed by atoms with Crippen LogP contribution in [0.3, 0.4) is 0 Å². The van der Waals surface area contributed by atoms with E-state index >= 15 is 0 Å². The van der Waals surface area contributed by atoms with E-state index in [1.54, 1.807) is 36.4 Å². The molecule has 2 aromatic carbocycles. The van der Waals surface area contributed by atoms with Gasteiger partial charge in [-0.15, -0.1) is 0 Å². The fraction of sp³-hybridized carbons (Fsp3) is 0.464. The molecule has 0 bridgehead atoms. The van der Waals surface area contributed by atoms with Crippen LogP contribution >= 0.6 is 27.5 Å². The largest absolute Gasteiger partial charge is 0.452 e. The number of carbonyl (C=O) groups is 3. The van der Waals surface area contributed by atoms with Gasteiger partial charge in [0.15, 0.2) is 6.61 Å². The lowest BCUT2D eigenvalue weighted by molar-refractivity contribution is -0.119. The van der Waals surface area contributed by atoms with E-state index in [1.165, 1.54) is 38.5 Å². The summed E-state index contributed by atoms with van der Waals surface area (Å²) in [5.74, 6) is -1.31. The number of esters is 1. The van der Waals surface area contributed by atoms with Crippen LogP contribution in [0.15, 0.2) is 40.9 Å². The molecule has 0 spiro atoms. The molecule has 2 amide bonds. The van der Waals surface area contributed by atoms with Crippen LogP contribution in [0.5, 0.6) is 0 Å². The monoisotopic (exact) mass is 578 g/mol. The molecule has 0 unspecified atom stereocenters. The highest BCUT2D eigenvalue weighted by Gasteiger charge is 2.16. The molecule has 196 valence electrons. The molecule has 2 aromatic rings. The number of para-hydroxylation sites is 1. The number of hydrogen-bond donors (Lipinski definition) is 2. The van der Waals surface area contributed by atoms with Crippen LogP contribution in [0.1, 0.15) is 87.1 Å². The Morgan fingerprint density at radius 1 is 0.861 bits per heavy atom. The first-order valence-electron chi connectivity index (χ1n) is 12.6. The van der Waals surface area contributed by atoms with E-state index in [2.05, 4.69) is 33.5 Å². The maximum Gasteiger partial charge on any atom is 0.340 e. The number of benzene rings is 2. The maximum absolute atomic E-state index is 12.6. The van der Waals surface area contributed by atoms with Crippen LogP contribution in [0.25, 0.3) is 0 Å². The predicted octanol–water partition coefficient (Wildman–Crippen LogP) is 8.07. The van der Waals surface area contributed by atoms with Gasteiger partial charge >= 0.3 is 5.97 Å². The van der Waals surface area contributed by atoms with E-state index in [0.717, 1.165) is 29.3 Å². The molecule has 0 saturated heterocycles. The van der Waals surface area contributed by atoms with Crippen molar-refractivity contribution in [3.8, 4) is 0 Å². The molecule has 0 heterocycles. The number of ether oxygens (including phenoxy) is 1. The van der Waals surface area contributed by atoms with Gasteiger partial charge < -0.3 is 15.4 Å². The third-order valence-corrected chi connectivity index (χ3v) is 7.00. The number of hydrogen-bond acceptors (Lipinski definition) is 4. The summed E-state index contributed by atoms with van der Waals surface area (Å²) in [7, 11) is 0. The van der Waals surface area contributed by atoms with Gasteiger partial charge in [0.25, 0.3) is 5.91 Å². The third kappa shape index (κ3) is 10.7. The molecular weight excluding hydrogens is 544 g/mol. The quantitative estimate of drug-likeness (QED) is 0.165. The Kier molecular flexibility index (Phi) is 13.6. The number of rotatable bonds is 15. The maximum atomic E-state index is 12.6. The summed E-state index contributed by atoms with van der Waals surface area (Å²) in [4.78, 5) is 37.3. The van der Waals surface area contributed by atoms with Gasteiger partial charge in [0.05, 0.1) is 16.3 Å². The molecule has 2 N–H and O–H groups in total. The van der Waals surface area contributed by atoms with Crippen molar-refractivity contribution >= 4 is 56.7 Å². The van der Waals surface area contributed by atoms with E-state index < -0.39 is 18.5 Å². The molecule has 2 rings (SSSR count). The molecule has 0 aliphatic rings. The lowest BCUT2D eigenvalue weighted by Gasteiger charge is -2.12. The topological polar surface area (TPSA) is 84.5 Å². The second kappa shape index (κ2) is 16.4. The fourth-order valence-corrected chi connectivity index (χ4v) is 4.38. The van der Waals surface area contributed by atoms with Crippen molar-refractivity contribution in [1.82, 2.24) is 0 Å². The second-order valence-corrected chi connectivity index (χ2v) is 10.1. The Labute approximate surface area is 227 Å². The van der Waals surface area contributed by atoms with Gasteiger partial charge in [-0.3, -0.25) is 9.59 Å². The minimum atomic E-state index is -0.685. The number of aryl methyl sites for hydroxylation is 1. The summed E-state index contributed by atoms with van der Waals surface area (Å²) in [5.41, 5.74) is 1.92. The van der Waals surface area contributed by atoms with Gasteiger partial charge in [0.2, 0.25) is 5.91 Å². The predicted molar refractivity (Wildman–Crippen MR) is 150 cm³/mol. The van der Waals surface area contributed by atoms with Crippen LogP contribution < -0.4 is 10.6 Å². The van der Waals surface area contributed by atoms with Crippen LogP contribution in [-0.4, -0.2) is 24.4 Å². The van der Waals surface area contributed by atoms with Crippen molar-refractivity contribution in [2.45, 2.75) is 78.1 Å². The number of anilines is 2. The molecule has 0 fully saturated rings. The molecule has 0 radical (unpaired) electrons. The van der Waals surface area contributed by atoms with E-state index in [4.69, 9.17) is 16.3 Å². The standard InChI is InChI=1S/C28H36BrClN2O4/c1-3-4-5-6-7-8-9-10-11-16-26(33)31-24-15-13-12-14-21(24)28(35)36-19-27(34)32-25-18-23(30)22(29)17-20(25)2/h12-15,17-18H,3-11,16,19H2,1-2H3,(H,31,33)(H,32,34). The lowest BCUT2D eigenvalue weighted by atomic mass is 10.1. The first-order valence-corrected chi connectivity index (χ1v) is 13.8. The molecular formula is C28H36BrClN2O4. The molecule has 36 heavy (non-hydrogen) atoms. The normalized spacial score (nSPS) is 10.7. The molecule has 0 saturated carbocycles. The number of carbonyl (C=O) groups excluding carboxylic acids is 3. The van der Waals surface area contributed by atoms with Gasteiger partial charge in [-0.05, 0) is 59.1 Å². The van der Waals surface area contributed by atoms with Gasteiger partial charge in [0, 0.05) is 16.6 Å². The molecule has 0 aliphatic heterocycles. The Balaban J connectivity index is 1.77. The summed E-state index contributed by atoms with van der Waals surface area (Å²) >= 11 is 9.43. The van der Waals surface area contributed by atoms with Crippen LogP contribution in [-0.2, 0) is 14.3 Å². The van der Waals surface area contributed by atoms with Crippen molar-refractivity contribution in [2.24, 2.45) is 0 Å². The fourth-order valence-electron chi connectivity index (χ4n) is 3.76. The van der Waals surface area contributed by atoms with Crippen LogP contribution in [0, 0.1) is 6.92 Å². The summed E-state index contributed by atoms with van der Waals surface area (Å²) in [5, 5.41) is 5.95. The van der Waals surface area contributed by atoms with Crippen LogP contribution in [0.4, 0.5) is 11.4 Å². The molecule has 8 heteroatoms. The Morgan fingerprint density at radius 3 is 2.17 bits per heavy atom. The smallest absolute Gasteiger partial charge is 0.340 e. The third-order valence-electron chi connectivity index (χ3n) is 5.80. The van der Waals surface area contributed by atoms with Gasteiger partial charge in [0.1, 0.15) is 0 Å². The number of nitrogens with one attached hydrogen (secondary N) is 2. The van der Waals surface area contributed by atoms with E-state index in [9.17, 15) is 14.4 Å². The van der Waals surface area contributed by atoms with Crippen LogP contribution in [0.2, 0.25) is 5.02 Å². The molecule has 0 aliphatic carbocycles. The van der Waals surface area contributed by atoms with Crippen molar-refractivity contribution in [1.29, 1.82) is 0 Å². The highest BCUT2D eigenvalue weighted by molar-refractivity contribution is 9.10. The first-order chi connectivity index (χ1) is 17.3. The number of unbranched alkanes of at least 4 members (excludes halogenated alkanes) is 8. The van der Waals surface area contributed by atoms with E-state index in [1.807, 2.05) is 6.92 Å². The zero-order valence-electron chi connectivity index (χ0n) is 21.1. The van der Waals surface area contributed by atoms with Crippen molar-refractivity contribution in [3.63, 3.8) is 0 Å². The summed E-state index contributed by atoms with van der Waals surface area (Å²) < 4.78 is 5.92. The zero-order valence-corrected chi connectivity index (χ0v) is 23.5. The Hall–Kier alpha value is -2.38. The summed E-state index contributed by atoms with van der Waals surface area (Å²) in [6.45, 7) is 3.58. The molecule has 0 aromatic heterocycles. The van der Waals surface area contributed by atoms with Crippen molar-refractivity contribution < 1.29 is 19.1 Å². The van der Waals surface area contributed by atoms with Crippen molar-refractivity contribution in [2.75, 3.05) is 17.2 Å². The minimum absolute atomic E-state index is 0.140. The van der Waals surface area contributed by atoms with Gasteiger partial charge in [-0.1, -0.05) is 82.0 Å². The average Bonchev–Trinajstić information content (AvgIpc) is 2.85. The highest BCUT2D eigenvalue weighted by atomic mass is 79.9. The SMILES string of the molecule is CCCCCCCCCCCC(=O)Nc1ccccc1C(=O)OCC(=O)Nc1cc(Cl)c(Br)cc1C. The van der Waals surface area contributed by atoms with E-state index in [-0.39, 0.29) is 11.5 Å². The minimum Gasteiger partial charge on any atom is -0.452 e. The molecule has 0 atom stereocenters. The molecule has 6 nitrogen and oxygen atoms in total. The highest BCUT2D eigenvalue weighted by Crippen LogP contribution is 2.29. The second-order valence-electron chi connectivity index (χ2n) is 8.88. The first kappa shape index (κ1) is 29.8. The van der Waals surface area contributed by atoms with Gasteiger partial charge in [-0.2, -0.15) is 0 Å². The summed E-state index contributed by atoms with van der Waals surface area (Å²) in [6.07, 6.45) is 11.0. The summed E-state index contributed by atoms with van der Waals surface area (Å²) in [6, 6.07) is 10.0. The zero-order chi connectivity index (χ0) is 26.3. The number of amides is 2. The van der Waals surface area contributed by atoms with Gasteiger partial charge in [-0.25, -0.2) is 4.79 Å². The van der Waals surface area contributed by atoms with Crippen molar-refractivity contribution in [3.05, 3.63) is 57.0 Å². The lowest BCUT2D eigenvalue weighted by Crippen LogP contribution is -2.22. The number of halogens is 2. The van der Waals surface area contributed by atoms with E-state index in [0.29, 0.717) is 22.8 Å². The Bertz CT molecular complexity index is 1030.